The van der Waals surface area contributed by atoms with Gasteiger partial charge in [-0.05, 0) is 73.2 Å². The maximum absolute atomic E-state index is 13.5. The Bertz CT molecular complexity index is 1320. The lowest BCUT2D eigenvalue weighted by molar-refractivity contribution is 0.414. The maximum atomic E-state index is 13.5. The molecule has 0 aliphatic carbocycles. The molecular formula is C26H24ClN3O3. The summed E-state index contributed by atoms with van der Waals surface area (Å²) in [6.07, 6.45) is 0. The first-order valence-electron chi connectivity index (χ1n) is 10.4. The smallest absolute Gasteiger partial charge is 0.280 e. The molecule has 0 radical (unpaired) electrons. The fourth-order valence-electron chi connectivity index (χ4n) is 3.53. The third-order valence-electron chi connectivity index (χ3n) is 5.37. The minimum absolute atomic E-state index is 0.177. The highest BCUT2D eigenvalue weighted by Crippen LogP contribution is 2.25. The van der Waals surface area contributed by atoms with Crippen LogP contribution in [0.2, 0.25) is 5.02 Å². The molecule has 0 atom stereocenters. The lowest BCUT2D eigenvalue weighted by Crippen LogP contribution is -2.19. The van der Waals surface area contributed by atoms with Crippen molar-refractivity contribution in [1.82, 2.24) is 9.78 Å². The van der Waals surface area contributed by atoms with E-state index in [1.807, 2.05) is 79.7 Å². The van der Waals surface area contributed by atoms with Gasteiger partial charge in [0.05, 0.1) is 37.7 Å². The molecule has 6 nitrogen and oxygen atoms in total. The third kappa shape index (κ3) is 4.86. The predicted molar refractivity (Wildman–Crippen MR) is 132 cm³/mol. The number of H-pyrrole nitrogens is 1. The molecule has 0 spiro atoms. The van der Waals surface area contributed by atoms with E-state index in [1.54, 1.807) is 14.2 Å². The Morgan fingerprint density at radius 1 is 0.909 bits per heavy atom. The standard InChI is InChI=1S/C26H24ClN3O3/c1-17(28-16-18-4-8-20(27)9-5-18)24-25(19-6-12-22(32-2)13-7-19)29-30(26(24)31)21-10-14-23(33-3)15-11-21/h4-15,29H,16H2,1-3H3. The number of rotatable bonds is 7. The molecule has 0 fully saturated rings. The second-order valence-electron chi connectivity index (χ2n) is 7.46. The molecule has 1 heterocycles. The van der Waals surface area contributed by atoms with Crippen molar-refractivity contribution in [1.29, 1.82) is 0 Å². The van der Waals surface area contributed by atoms with Crippen LogP contribution in [-0.4, -0.2) is 29.7 Å². The Balaban J connectivity index is 1.79. The van der Waals surface area contributed by atoms with Crippen molar-refractivity contribution in [3.05, 3.63) is 99.3 Å². The summed E-state index contributed by atoms with van der Waals surface area (Å²) in [5, 5.41) is 3.94. The van der Waals surface area contributed by atoms with Crippen molar-refractivity contribution in [2.75, 3.05) is 14.2 Å². The molecule has 7 heteroatoms. The first-order chi connectivity index (χ1) is 16.0. The van der Waals surface area contributed by atoms with Gasteiger partial charge in [0.15, 0.2) is 0 Å². The third-order valence-corrected chi connectivity index (χ3v) is 5.63. The van der Waals surface area contributed by atoms with Crippen LogP contribution in [0.4, 0.5) is 0 Å². The van der Waals surface area contributed by atoms with Gasteiger partial charge in [0.1, 0.15) is 11.5 Å². The van der Waals surface area contributed by atoms with E-state index in [9.17, 15) is 4.79 Å². The first kappa shape index (κ1) is 22.4. The number of aromatic amines is 1. The number of benzene rings is 3. The highest BCUT2D eigenvalue weighted by Gasteiger charge is 2.19. The van der Waals surface area contributed by atoms with Gasteiger partial charge in [0.2, 0.25) is 0 Å². The van der Waals surface area contributed by atoms with E-state index < -0.39 is 0 Å². The number of hydrogen-bond acceptors (Lipinski definition) is 4. The van der Waals surface area contributed by atoms with Gasteiger partial charge < -0.3 is 9.47 Å². The summed E-state index contributed by atoms with van der Waals surface area (Å²) in [4.78, 5) is 18.2. The lowest BCUT2D eigenvalue weighted by atomic mass is 10.0. The van der Waals surface area contributed by atoms with Crippen molar-refractivity contribution in [2.24, 2.45) is 4.99 Å². The average Bonchev–Trinajstić information content (AvgIpc) is 3.20. The highest BCUT2D eigenvalue weighted by molar-refractivity contribution is 6.30. The largest absolute Gasteiger partial charge is 0.497 e. The van der Waals surface area contributed by atoms with Crippen LogP contribution in [0.15, 0.2) is 82.6 Å². The van der Waals surface area contributed by atoms with Crippen LogP contribution in [0.25, 0.3) is 16.9 Å². The van der Waals surface area contributed by atoms with Gasteiger partial charge in [0, 0.05) is 16.3 Å². The molecular weight excluding hydrogens is 438 g/mol. The van der Waals surface area contributed by atoms with Gasteiger partial charge in [-0.1, -0.05) is 23.7 Å². The zero-order valence-corrected chi connectivity index (χ0v) is 19.4. The van der Waals surface area contributed by atoms with Gasteiger partial charge in [-0.3, -0.25) is 14.9 Å². The quantitative estimate of drug-likeness (QED) is 0.369. The Labute approximate surface area is 197 Å². The van der Waals surface area contributed by atoms with E-state index in [2.05, 4.69) is 5.10 Å². The van der Waals surface area contributed by atoms with Crippen molar-refractivity contribution >= 4 is 17.3 Å². The van der Waals surface area contributed by atoms with Crippen LogP contribution < -0.4 is 15.0 Å². The lowest BCUT2D eigenvalue weighted by Gasteiger charge is -2.05. The molecule has 0 unspecified atom stereocenters. The van der Waals surface area contributed by atoms with Gasteiger partial charge in [-0.15, -0.1) is 0 Å². The van der Waals surface area contributed by atoms with E-state index >= 15 is 0 Å². The number of halogens is 1. The van der Waals surface area contributed by atoms with E-state index in [4.69, 9.17) is 26.1 Å². The monoisotopic (exact) mass is 461 g/mol. The summed E-state index contributed by atoms with van der Waals surface area (Å²) in [6, 6.07) is 22.4. The van der Waals surface area contributed by atoms with Crippen molar-refractivity contribution in [3.63, 3.8) is 0 Å². The molecule has 0 aliphatic rings. The first-order valence-corrected chi connectivity index (χ1v) is 10.8. The van der Waals surface area contributed by atoms with Crippen LogP contribution in [0.5, 0.6) is 11.5 Å². The number of aromatic nitrogens is 2. The number of aliphatic imine (C=N–C) groups is 1. The number of nitrogens with one attached hydrogen (secondary N) is 1. The summed E-state index contributed by atoms with van der Waals surface area (Å²) < 4.78 is 12.0. The molecule has 3 aromatic carbocycles. The average molecular weight is 462 g/mol. The molecule has 1 aromatic heterocycles. The van der Waals surface area contributed by atoms with Gasteiger partial charge in [0.25, 0.3) is 5.56 Å². The van der Waals surface area contributed by atoms with E-state index in [1.165, 1.54) is 4.68 Å². The topological polar surface area (TPSA) is 68.6 Å². The van der Waals surface area contributed by atoms with Crippen LogP contribution in [0.1, 0.15) is 18.1 Å². The Morgan fingerprint density at radius 3 is 2.06 bits per heavy atom. The number of ether oxygens (including phenoxy) is 2. The summed E-state index contributed by atoms with van der Waals surface area (Å²) in [5.74, 6) is 1.46. The normalized spacial score (nSPS) is 11.5. The summed E-state index contributed by atoms with van der Waals surface area (Å²) in [6.45, 7) is 2.30. The summed E-state index contributed by atoms with van der Waals surface area (Å²) in [7, 11) is 3.23. The van der Waals surface area contributed by atoms with Gasteiger partial charge >= 0.3 is 0 Å². The molecule has 0 aliphatic heterocycles. The Kier molecular flexibility index (Phi) is 6.66. The SMILES string of the molecule is COc1ccc(-c2[nH]n(-c3ccc(OC)cc3)c(=O)c2C(C)=NCc2ccc(Cl)cc2)cc1. The van der Waals surface area contributed by atoms with E-state index in [0.717, 1.165) is 22.6 Å². The van der Waals surface area contributed by atoms with Crippen LogP contribution in [0, 0.1) is 0 Å². The molecule has 0 amide bonds. The van der Waals surface area contributed by atoms with Crippen molar-refractivity contribution in [2.45, 2.75) is 13.5 Å². The van der Waals surface area contributed by atoms with Crippen LogP contribution in [0.3, 0.4) is 0 Å². The van der Waals surface area contributed by atoms with Crippen LogP contribution in [-0.2, 0) is 6.54 Å². The van der Waals surface area contributed by atoms with Crippen LogP contribution >= 0.6 is 11.6 Å². The number of methoxy groups -OCH3 is 2. The Morgan fingerprint density at radius 2 is 1.48 bits per heavy atom. The van der Waals surface area contributed by atoms with Crippen molar-refractivity contribution in [3.8, 4) is 28.4 Å². The van der Waals surface area contributed by atoms with Gasteiger partial charge in [-0.2, -0.15) is 0 Å². The highest BCUT2D eigenvalue weighted by atomic mass is 35.5. The molecule has 168 valence electrons. The molecule has 33 heavy (non-hydrogen) atoms. The maximum Gasteiger partial charge on any atom is 0.280 e. The minimum Gasteiger partial charge on any atom is -0.497 e. The number of hydrogen-bond donors (Lipinski definition) is 1. The molecule has 1 N–H and O–H groups in total. The summed E-state index contributed by atoms with van der Waals surface area (Å²) in [5.41, 5.74) is 4.24. The van der Waals surface area contributed by atoms with Gasteiger partial charge in [-0.25, -0.2) is 4.68 Å². The second-order valence-corrected chi connectivity index (χ2v) is 7.89. The fraction of sp³-hybridized carbons (Fsp3) is 0.154. The molecule has 0 bridgehead atoms. The fourth-order valence-corrected chi connectivity index (χ4v) is 3.66. The molecule has 0 saturated carbocycles. The molecule has 0 saturated heterocycles. The summed E-state index contributed by atoms with van der Waals surface area (Å²) >= 11 is 5.98. The minimum atomic E-state index is -0.177. The zero-order valence-electron chi connectivity index (χ0n) is 18.6. The predicted octanol–water partition coefficient (Wildman–Crippen LogP) is 5.51. The second kappa shape index (κ2) is 9.79. The molecule has 4 rings (SSSR count). The zero-order chi connectivity index (χ0) is 23.4. The van der Waals surface area contributed by atoms with Crippen molar-refractivity contribution < 1.29 is 9.47 Å². The molecule has 4 aromatic rings. The Hall–Kier alpha value is -3.77. The van der Waals surface area contributed by atoms with E-state index in [0.29, 0.717) is 34.2 Å². The van der Waals surface area contributed by atoms with E-state index in [-0.39, 0.29) is 5.56 Å². The number of nitrogens with zero attached hydrogens (tertiary/aromatic N) is 2.